The normalized spacial score (nSPS) is 14.5. The number of ether oxygens (including phenoxy) is 2. The lowest BCUT2D eigenvalue weighted by molar-refractivity contribution is 0.0731. The fourth-order valence-corrected chi connectivity index (χ4v) is 4.91. The molecule has 1 aliphatic carbocycles. The number of hydrogen-bond donors (Lipinski definition) is 1. The van der Waals surface area contributed by atoms with Crippen molar-refractivity contribution in [3.05, 3.63) is 64.5 Å². The molecular formula is C25H24FN3O4S. The third kappa shape index (κ3) is 4.61. The minimum Gasteiger partial charge on any atom is -0.486 e. The Morgan fingerprint density at radius 3 is 2.76 bits per heavy atom. The largest absolute Gasteiger partial charge is 0.486 e. The number of thiazole rings is 1. The average molecular weight is 482 g/mol. The fraction of sp³-hybridized carbons (Fsp3) is 0.320. The van der Waals surface area contributed by atoms with Crippen molar-refractivity contribution < 1.29 is 23.5 Å². The summed E-state index contributed by atoms with van der Waals surface area (Å²) >= 11 is 1.37. The highest BCUT2D eigenvalue weighted by Crippen LogP contribution is 2.35. The Bertz CT molecular complexity index is 1240. The smallest absolute Gasteiger partial charge is 0.274 e. The highest BCUT2D eigenvalue weighted by molar-refractivity contribution is 7.15. The molecule has 1 saturated carbocycles. The zero-order valence-corrected chi connectivity index (χ0v) is 19.5. The van der Waals surface area contributed by atoms with Gasteiger partial charge in [-0.25, -0.2) is 9.37 Å². The Labute approximate surface area is 200 Å². The van der Waals surface area contributed by atoms with Gasteiger partial charge in [0.05, 0.1) is 15.4 Å². The van der Waals surface area contributed by atoms with Gasteiger partial charge in [-0.05, 0) is 49.6 Å². The topological polar surface area (TPSA) is 80.8 Å². The van der Waals surface area contributed by atoms with Crippen LogP contribution >= 0.6 is 11.3 Å². The lowest BCUT2D eigenvalue weighted by atomic mass is 10.1. The van der Waals surface area contributed by atoms with Crippen molar-refractivity contribution in [3.8, 4) is 21.9 Å². The third-order valence-electron chi connectivity index (χ3n) is 5.72. The fourth-order valence-electron chi connectivity index (χ4n) is 4.01. The first-order valence-electron chi connectivity index (χ1n) is 11.2. The molecule has 5 rings (SSSR count). The second-order valence-corrected chi connectivity index (χ2v) is 9.44. The van der Waals surface area contributed by atoms with Crippen molar-refractivity contribution in [1.82, 2.24) is 15.2 Å². The molecule has 34 heavy (non-hydrogen) atoms. The van der Waals surface area contributed by atoms with Crippen LogP contribution in [0.25, 0.3) is 10.4 Å². The van der Waals surface area contributed by atoms with E-state index in [2.05, 4.69) is 10.3 Å². The summed E-state index contributed by atoms with van der Waals surface area (Å²) in [6, 6.07) is 11.5. The number of nitrogens with zero attached hydrogens (tertiary/aromatic N) is 2. The molecule has 0 spiro atoms. The predicted octanol–water partition coefficient (Wildman–Crippen LogP) is 4.06. The molecule has 0 unspecified atom stereocenters. The van der Waals surface area contributed by atoms with Gasteiger partial charge < -0.3 is 19.7 Å². The van der Waals surface area contributed by atoms with E-state index in [1.807, 2.05) is 6.92 Å². The molecule has 0 atom stereocenters. The average Bonchev–Trinajstić information content (AvgIpc) is 3.61. The van der Waals surface area contributed by atoms with Crippen molar-refractivity contribution in [2.24, 2.45) is 0 Å². The summed E-state index contributed by atoms with van der Waals surface area (Å²) in [6.07, 6.45) is 1.82. The Balaban J connectivity index is 1.30. The van der Waals surface area contributed by atoms with Gasteiger partial charge in [0.15, 0.2) is 11.5 Å². The highest BCUT2D eigenvalue weighted by atomic mass is 32.1. The molecule has 1 aromatic heterocycles. The van der Waals surface area contributed by atoms with Crippen LogP contribution < -0.4 is 14.8 Å². The minimum absolute atomic E-state index is 0.119. The first-order chi connectivity index (χ1) is 16.5. The molecule has 0 radical (unpaired) electrons. The van der Waals surface area contributed by atoms with Gasteiger partial charge in [-0.2, -0.15) is 0 Å². The SMILES string of the molecule is Cc1nc(C(=O)N(CCNC(=O)c2cccc3c2OCCO3)C2CC2)c(-c2cccc(F)c2)s1. The second-order valence-electron chi connectivity index (χ2n) is 8.24. The molecule has 0 bridgehead atoms. The van der Waals surface area contributed by atoms with E-state index in [9.17, 15) is 14.0 Å². The number of aromatic nitrogens is 1. The number of aryl methyl sites for hydroxylation is 1. The summed E-state index contributed by atoms with van der Waals surface area (Å²) in [5.41, 5.74) is 1.37. The van der Waals surface area contributed by atoms with Crippen LogP contribution in [0.3, 0.4) is 0 Å². The van der Waals surface area contributed by atoms with Gasteiger partial charge in [0.1, 0.15) is 24.7 Å². The molecule has 1 aliphatic heterocycles. The lowest BCUT2D eigenvalue weighted by Crippen LogP contribution is -2.40. The van der Waals surface area contributed by atoms with E-state index in [0.29, 0.717) is 53.0 Å². The number of amides is 2. The Morgan fingerprint density at radius 2 is 1.97 bits per heavy atom. The van der Waals surface area contributed by atoms with E-state index < -0.39 is 0 Å². The van der Waals surface area contributed by atoms with E-state index >= 15 is 0 Å². The van der Waals surface area contributed by atoms with Crippen molar-refractivity contribution in [2.75, 3.05) is 26.3 Å². The third-order valence-corrected chi connectivity index (χ3v) is 6.74. The van der Waals surface area contributed by atoms with E-state index in [0.717, 1.165) is 17.8 Å². The lowest BCUT2D eigenvalue weighted by Gasteiger charge is -2.23. The summed E-state index contributed by atoms with van der Waals surface area (Å²) in [6.45, 7) is 3.30. The van der Waals surface area contributed by atoms with Gasteiger partial charge in [-0.3, -0.25) is 9.59 Å². The first-order valence-corrected chi connectivity index (χ1v) is 12.0. The number of rotatable bonds is 7. The van der Waals surface area contributed by atoms with Crippen LogP contribution in [0.2, 0.25) is 0 Å². The zero-order chi connectivity index (χ0) is 23.7. The maximum atomic E-state index is 13.8. The molecule has 7 nitrogen and oxygen atoms in total. The van der Waals surface area contributed by atoms with Crippen LogP contribution in [0, 0.1) is 12.7 Å². The Kier molecular flexibility index (Phi) is 6.19. The van der Waals surface area contributed by atoms with Crippen molar-refractivity contribution in [1.29, 1.82) is 0 Å². The first kappa shape index (κ1) is 22.3. The van der Waals surface area contributed by atoms with Crippen molar-refractivity contribution >= 4 is 23.2 Å². The number of hydrogen-bond acceptors (Lipinski definition) is 6. The van der Waals surface area contributed by atoms with Gasteiger partial charge >= 0.3 is 0 Å². The Morgan fingerprint density at radius 1 is 1.18 bits per heavy atom. The van der Waals surface area contributed by atoms with Gasteiger partial charge in [-0.15, -0.1) is 11.3 Å². The summed E-state index contributed by atoms with van der Waals surface area (Å²) in [5.74, 6) is 0.155. The number of carbonyl (C=O) groups is 2. The van der Waals surface area contributed by atoms with Gasteiger partial charge in [-0.1, -0.05) is 18.2 Å². The molecule has 2 aliphatic rings. The van der Waals surface area contributed by atoms with Gasteiger partial charge in [0, 0.05) is 19.1 Å². The molecule has 1 fully saturated rings. The van der Waals surface area contributed by atoms with Crippen molar-refractivity contribution in [2.45, 2.75) is 25.8 Å². The Hall–Kier alpha value is -3.46. The van der Waals surface area contributed by atoms with Crippen LogP contribution in [0.5, 0.6) is 11.5 Å². The summed E-state index contributed by atoms with van der Waals surface area (Å²) in [5, 5.41) is 3.63. The number of halogens is 1. The maximum Gasteiger partial charge on any atom is 0.274 e. The molecule has 2 amide bonds. The number of nitrogens with one attached hydrogen (secondary N) is 1. The maximum absolute atomic E-state index is 13.8. The van der Waals surface area contributed by atoms with Crippen molar-refractivity contribution in [3.63, 3.8) is 0 Å². The van der Waals surface area contributed by atoms with Crippen LogP contribution in [-0.4, -0.2) is 54.0 Å². The molecule has 1 N–H and O–H groups in total. The molecule has 2 heterocycles. The van der Waals surface area contributed by atoms with E-state index in [-0.39, 0.29) is 30.2 Å². The second kappa shape index (κ2) is 9.42. The van der Waals surface area contributed by atoms with Gasteiger partial charge in [0.25, 0.3) is 11.8 Å². The highest BCUT2D eigenvalue weighted by Gasteiger charge is 2.35. The van der Waals surface area contributed by atoms with Crippen LogP contribution in [-0.2, 0) is 0 Å². The summed E-state index contributed by atoms with van der Waals surface area (Å²) in [4.78, 5) is 33.2. The van der Waals surface area contributed by atoms with Crippen LogP contribution in [0.1, 0.15) is 38.7 Å². The minimum atomic E-state index is -0.360. The summed E-state index contributed by atoms with van der Waals surface area (Å²) < 4.78 is 25.0. The van der Waals surface area contributed by atoms with Crippen LogP contribution in [0.4, 0.5) is 4.39 Å². The quantitative estimate of drug-likeness (QED) is 0.551. The number of para-hydroxylation sites is 1. The number of benzene rings is 2. The molecule has 2 aromatic carbocycles. The monoisotopic (exact) mass is 481 g/mol. The summed E-state index contributed by atoms with van der Waals surface area (Å²) in [7, 11) is 0. The van der Waals surface area contributed by atoms with Crippen LogP contribution in [0.15, 0.2) is 42.5 Å². The molecule has 0 saturated heterocycles. The molecule has 9 heteroatoms. The zero-order valence-electron chi connectivity index (χ0n) is 18.7. The van der Waals surface area contributed by atoms with E-state index in [4.69, 9.17) is 9.47 Å². The molecular weight excluding hydrogens is 457 g/mol. The van der Waals surface area contributed by atoms with E-state index in [1.54, 1.807) is 35.2 Å². The number of fused-ring (bicyclic) bond motifs is 1. The molecule has 3 aromatic rings. The molecule has 176 valence electrons. The standard InChI is InChI=1S/C25H24FN3O4S/c1-15-28-21(23(34-15)16-4-2-5-17(26)14-16)25(31)29(18-8-9-18)11-10-27-24(30)19-6-3-7-20-22(19)33-13-12-32-20/h2-7,14,18H,8-13H2,1H3,(H,27,30). The predicted molar refractivity (Wildman–Crippen MR) is 126 cm³/mol. The van der Waals surface area contributed by atoms with Gasteiger partial charge in [0.2, 0.25) is 0 Å². The number of carbonyl (C=O) groups excluding carboxylic acids is 2. The van der Waals surface area contributed by atoms with E-state index in [1.165, 1.54) is 23.5 Å².